The Balaban J connectivity index is 1.42. The number of hydrogen-bond acceptors (Lipinski definition) is 5. The van der Waals surface area contributed by atoms with Crippen molar-refractivity contribution in [2.45, 2.75) is 45.3 Å². The molecule has 1 amide bonds. The van der Waals surface area contributed by atoms with Gasteiger partial charge in [0, 0.05) is 36.6 Å². The molecule has 34 heavy (non-hydrogen) atoms. The van der Waals surface area contributed by atoms with E-state index in [1.165, 1.54) is 11.3 Å². The highest BCUT2D eigenvalue weighted by Crippen LogP contribution is 2.32. The molecule has 1 aliphatic rings. The molecule has 4 aromatic rings. The number of benzene rings is 1. The van der Waals surface area contributed by atoms with Crippen molar-refractivity contribution in [1.29, 1.82) is 0 Å². The fourth-order valence-electron chi connectivity index (χ4n) is 4.57. The van der Waals surface area contributed by atoms with Gasteiger partial charge in [0.15, 0.2) is 11.6 Å². The molecule has 4 heterocycles. The normalized spacial score (nSPS) is 15.4. The maximum atomic E-state index is 15.5. The first-order valence-corrected chi connectivity index (χ1v) is 12.6. The van der Waals surface area contributed by atoms with E-state index in [1.807, 2.05) is 18.2 Å². The highest BCUT2D eigenvalue weighted by molar-refractivity contribution is 7.19. The van der Waals surface area contributed by atoms with Crippen molar-refractivity contribution in [2.75, 3.05) is 13.1 Å². The summed E-state index contributed by atoms with van der Waals surface area (Å²) in [6.45, 7) is 6.40. The number of carbonyl (C=O) groups is 1. The molecule has 0 atom stereocenters. The van der Waals surface area contributed by atoms with Crippen LogP contribution in [0.25, 0.3) is 21.5 Å². The summed E-state index contributed by atoms with van der Waals surface area (Å²) in [6, 6.07) is 13.1. The van der Waals surface area contributed by atoms with Gasteiger partial charge in [-0.15, -0.1) is 11.3 Å². The third kappa shape index (κ3) is 4.50. The van der Waals surface area contributed by atoms with Crippen molar-refractivity contribution < 1.29 is 13.7 Å². The van der Waals surface area contributed by atoms with Gasteiger partial charge in [-0.25, -0.2) is 4.39 Å². The number of likely N-dealkylation sites (tertiary alicyclic amines) is 1. The third-order valence-electron chi connectivity index (χ3n) is 6.41. The second-order valence-corrected chi connectivity index (χ2v) is 10.6. The van der Waals surface area contributed by atoms with Gasteiger partial charge in [0.05, 0.1) is 21.3 Å². The third-order valence-corrected chi connectivity index (χ3v) is 7.66. The smallest absolute Gasteiger partial charge is 0.271 e. The van der Waals surface area contributed by atoms with Crippen LogP contribution in [0, 0.1) is 5.82 Å². The lowest BCUT2D eigenvalue weighted by atomic mass is 10.0. The quantitative estimate of drug-likeness (QED) is 0.363. The Morgan fingerprint density at radius 2 is 2.03 bits per heavy atom. The van der Waals surface area contributed by atoms with Gasteiger partial charge in [-0.1, -0.05) is 28.9 Å². The van der Waals surface area contributed by atoms with Gasteiger partial charge < -0.3 is 19.3 Å². The lowest BCUT2D eigenvalue weighted by molar-refractivity contribution is 0.0888. The number of piperidine rings is 1. The number of hydrogen-bond donors (Lipinski definition) is 1. The number of carbonyl (C=O) groups excluding carboxylic acids is 1. The van der Waals surface area contributed by atoms with Crippen molar-refractivity contribution in [2.24, 2.45) is 0 Å². The molecule has 9 heteroatoms. The van der Waals surface area contributed by atoms with Crippen LogP contribution in [0.1, 0.15) is 42.9 Å². The molecule has 6 nitrogen and oxygen atoms in total. The van der Waals surface area contributed by atoms with E-state index in [2.05, 4.69) is 29.2 Å². The van der Waals surface area contributed by atoms with Crippen molar-refractivity contribution in [1.82, 2.24) is 19.9 Å². The zero-order chi connectivity index (χ0) is 23.8. The van der Waals surface area contributed by atoms with Crippen LogP contribution in [-0.2, 0) is 6.54 Å². The largest absolute Gasteiger partial charge is 0.355 e. The number of nitrogens with zero attached hydrogens (tertiary/aromatic N) is 3. The predicted molar refractivity (Wildman–Crippen MR) is 133 cm³/mol. The predicted octanol–water partition coefficient (Wildman–Crippen LogP) is 5.80. The lowest BCUT2D eigenvalue weighted by Crippen LogP contribution is -2.47. The summed E-state index contributed by atoms with van der Waals surface area (Å²) in [4.78, 5) is 16.6. The van der Waals surface area contributed by atoms with Gasteiger partial charge in [-0.05, 0) is 51.0 Å². The Hall–Kier alpha value is -2.68. The highest BCUT2D eigenvalue weighted by atomic mass is 35.5. The molecule has 1 fully saturated rings. The standard InChI is InChI=1S/C25H26ClFN4O2S/c1-15(2)30-11-9-16(10-12-30)28-25(32)24-23(27)18-5-3-4-6-19(18)31(24)14-17-13-20(33-29-17)21-7-8-22(26)34-21/h3-8,13,15-16H,9-12,14H2,1-2H3,(H,28,32). The number of amides is 1. The zero-order valence-corrected chi connectivity index (χ0v) is 20.6. The average molecular weight is 501 g/mol. The molecule has 1 aromatic carbocycles. The molecule has 0 saturated carbocycles. The van der Waals surface area contributed by atoms with E-state index >= 15 is 4.39 Å². The fraction of sp³-hybridized carbons (Fsp3) is 0.360. The number of para-hydroxylation sites is 1. The molecule has 0 spiro atoms. The Morgan fingerprint density at radius 3 is 2.74 bits per heavy atom. The Morgan fingerprint density at radius 1 is 1.26 bits per heavy atom. The Bertz CT molecular complexity index is 1320. The summed E-state index contributed by atoms with van der Waals surface area (Å²) in [5, 5.41) is 7.65. The maximum Gasteiger partial charge on any atom is 0.271 e. The average Bonchev–Trinajstić information content (AvgIpc) is 3.53. The number of aromatic nitrogens is 2. The van der Waals surface area contributed by atoms with E-state index in [-0.39, 0.29) is 18.3 Å². The molecule has 1 N–H and O–H groups in total. The first-order chi connectivity index (χ1) is 16.4. The minimum Gasteiger partial charge on any atom is -0.355 e. The molecule has 0 aliphatic carbocycles. The van der Waals surface area contributed by atoms with Crippen molar-refractivity contribution in [3.8, 4) is 10.6 Å². The minimum atomic E-state index is -0.513. The number of fused-ring (bicyclic) bond motifs is 1. The lowest BCUT2D eigenvalue weighted by Gasteiger charge is -2.34. The van der Waals surface area contributed by atoms with E-state index in [4.69, 9.17) is 16.1 Å². The van der Waals surface area contributed by atoms with Gasteiger partial charge in [-0.3, -0.25) is 4.79 Å². The monoisotopic (exact) mass is 500 g/mol. The highest BCUT2D eigenvalue weighted by Gasteiger charge is 2.28. The molecule has 1 saturated heterocycles. The Labute approximate surface area is 206 Å². The molecule has 0 radical (unpaired) electrons. The van der Waals surface area contributed by atoms with Crippen LogP contribution in [0.2, 0.25) is 4.34 Å². The molecule has 178 valence electrons. The summed E-state index contributed by atoms with van der Waals surface area (Å²) in [7, 11) is 0. The van der Waals surface area contributed by atoms with Crippen molar-refractivity contribution >= 4 is 39.7 Å². The van der Waals surface area contributed by atoms with Crippen LogP contribution in [0.5, 0.6) is 0 Å². The van der Waals surface area contributed by atoms with Gasteiger partial charge in [0.2, 0.25) is 0 Å². The molecule has 0 unspecified atom stereocenters. The van der Waals surface area contributed by atoms with E-state index in [0.29, 0.717) is 32.7 Å². The number of halogens is 2. The molecule has 1 aliphatic heterocycles. The fourth-order valence-corrected chi connectivity index (χ4v) is 5.56. The summed E-state index contributed by atoms with van der Waals surface area (Å²) >= 11 is 7.43. The molecule has 0 bridgehead atoms. The molecule has 3 aromatic heterocycles. The van der Waals surface area contributed by atoms with Gasteiger partial charge in [0.1, 0.15) is 11.4 Å². The van der Waals surface area contributed by atoms with E-state index in [1.54, 1.807) is 28.8 Å². The summed E-state index contributed by atoms with van der Waals surface area (Å²) in [5.41, 5.74) is 1.26. The first-order valence-electron chi connectivity index (χ1n) is 11.4. The van der Waals surface area contributed by atoms with Crippen LogP contribution < -0.4 is 5.32 Å². The van der Waals surface area contributed by atoms with Crippen LogP contribution in [0.3, 0.4) is 0 Å². The maximum absolute atomic E-state index is 15.5. The Kier molecular flexibility index (Phi) is 6.46. The van der Waals surface area contributed by atoms with Crippen molar-refractivity contribution in [3.63, 3.8) is 0 Å². The number of rotatable bonds is 6. The van der Waals surface area contributed by atoms with Crippen molar-refractivity contribution in [3.05, 3.63) is 64.0 Å². The topological polar surface area (TPSA) is 63.3 Å². The minimum absolute atomic E-state index is 0.0237. The van der Waals surface area contributed by atoms with Gasteiger partial charge in [-0.2, -0.15) is 0 Å². The zero-order valence-electron chi connectivity index (χ0n) is 19.1. The second kappa shape index (κ2) is 9.52. The van der Waals surface area contributed by atoms with Crippen LogP contribution in [0.15, 0.2) is 47.0 Å². The SMILES string of the molecule is CC(C)N1CCC(NC(=O)c2c(F)c3ccccc3n2Cc2cc(-c3ccc(Cl)s3)on2)CC1. The van der Waals surface area contributed by atoms with Crippen LogP contribution in [0.4, 0.5) is 4.39 Å². The summed E-state index contributed by atoms with van der Waals surface area (Å²) < 4.78 is 23.3. The summed E-state index contributed by atoms with van der Waals surface area (Å²) in [6.07, 6.45) is 1.70. The second-order valence-electron chi connectivity index (χ2n) is 8.93. The van der Waals surface area contributed by atoms with Crippen LogP contribution in [-0.4, -0.2) is 45.7 Å². The molecular weight excluding hydrogens is 475 g/mol. The van der Waals surface area contributed by atoms with E-state index in [9.17, 15) is 4.79 Å². The van der Waals surface area contributed by atoms with Gasteiger partial charge in [0.25, 0.3) is 5.91 Å². The molecular formula is C25H26ClFN4O2S. The summed E-state index contributed by atoms with van der Waals surface area (Å²) in [5.74, 6) is -0.321. The van der Waals surface area contributed by atoms with E-state index in [0.717, 1.165) is 30.8 Å². The number of thiophene rings is 1. The van der Waals surface area contributed by atoms with Gasteiger partial charge >= 0.3 is 0 Å². The number of nitrogens with one attached hydrogen (secondary N) is 1. The first kappa shape index (κ1) is 23.1. The van der Waals surface area contributed by atoms with Crippen LogP contribution >= 0.6 is 22.9 Å². The molecule has 5 rings (SSSR count). The van der Waals surface area contributed by atoms with E-state index < -0.39 is 11.7 Å².